The van der Waals surface area contributed by atoms with E-state index in [0.29, 0.717) is 31.1 Å². The van der Waals surface area contributed by atoms with Crippen LogP contribution in [0.2, 0.25) is 0 Å². The van der Waals surface area contributed by atoms with E-state index in [1.54, 1.807) is 18.4 Å². The standard InChI is InChI=1S/C13H19N5OS/c1-4-7-19-13-17-11(14-3)16-12(18-13)15-8-10-6-5-9(2)20-10/h5-6H,4,7-8H2,1-3H3,(H2,14,15,16,17,18). The molecule has 0 aliphatic rings. The van der Waals surface area contributed by atoms with Gasteiger partial charge in [0, 0.05) is 16.8 Å². The first-order valence-electron chi connectivity index (χ1n) is 6.57. The number of hydrogen-bond acceptors (Lipinski definition) is 7. The molecule has 0 bridgehead atoms. The lowest BCUT2D eigenvalue weighted by molar-refractivity contribution is 0.292. The van der Waals surface area contributed by atoms with E-state index in [0.717, 1.165) is 6.42 Å². The zero-order chi connectivity index (χ0) is 14.4. The number of anilines is 2. The van der Waals surface area contributed by atoms with Crippen molar-refractivity contribution in [2.45, 2.75) is 26.8 Å². The van der Waals surface area contributed by atoms with Crippen LogP contribution in [0.1, 0.15) is 23.1 Å². The third kappa shape index (κ3) is 4.06. The van der Waals surface area contributed by atoms with Crippen molar-refractivity contribution in [2.24, 2.45) is 0 Å². The predicted octanol–water partition coefficient (Wildman–Crippen LogP) is 2.68. The monoisotopic (exact) mass is 293 g/mol. The van der Waals surface area contributed by atoms with Crippen LogP contribution in [0.15, 0.2) is 12.1 Å². The Hall–Kier alpha value is -1.89. The summed E-state index contributed by atoms with van der Waals surface area (Å²) in [5.74, 6) is 1.01. The molecule has 0 aliphatic heterocycles. The van der Waals surface area contributed by atoms with Gasteiger partial charge in [0.25, 0.3) is 0 Å². The average molecular weight is 293 g/mol. The summed E-state index contributed by atoms with van der Waals surface area (Å²) in [5.41, 5.74) is 0. The van der Waals surface area contributed by atoms with E-state index in [-0.39, 0.29) is 0 Å². The first-order chi connectivity index (χ1) is 9.71. The Balaban J connectivity index is 2.05. The summed E-state index contributed by atoms with van der Waals surface area (Å²) in [7, 11) is 1.77. The molecule has 0 spiro atoms. The molecular formula is C13H19N5OS. The van der Waals surface area contributed by atoms with Gasteiger partial charge in [0.05, 0.1) is 13.2 Å². The lowest BCUT2D eigenvalue weighted by Gasteiger charge is -2.08. The van der Waals surface area contributed by atoms with Gasteiger partial charge in [-0.3, -0.25) is 0 Å². The first-order valence-corrected chi connectivity index (χ1v) is 7.38. The molecule has 0 unspecified atom stereocenters. The molecule has 2 N–H and O–H groups in total. The van der Waals surface area contributed by atoms with Gasteiger partial charge in [-0.1, -0.05) is 6.92 Å². The minimum absolute atomic E-state index is 0.344. The minimum Gasteiger partial charge on any atom is -0.463 e. The second-order valence-electron chi connectivity index (χ2n) is 4.23. The summed E-state index contributed by atoms with van der Waals surface area (Å²) in [6, 6.07) is 4.54. The molecule has 0 saturated carbocycles. The molecule has 20 heavy (non-hydrogen) atoms. The Kier molecular flexibility index (Phi) is 5.11. The highest BCUT2D eigenvalue weighted by Gasteiger charge is 2.06. The van der Waals surface area contributed by atoms with E-state index in [1.807, 2.05) is 6.92 Å². The normalized spacial score (nSPS) is 10.3. The molecular weight excluding hydrogens is 274 g/mol. The van der Waals surface area contributed by atoms with Crippen LogP contribution in [0.4, 0.5) is 11.9 Å². The highest BCUT2D eigenvalue weighted by Crippen LogP contribution is 2.17. The summed E-state index contributed by atoms with van der Waals surface area (Å²) in [4.78, 5) is 15.2. The van der Waals surface area contributed by atoms with Gasteiger partial charge < -0.3 is 15.4 Å². The number of rotatable bonds is 7. The highest BCUT2D eigenvalue weighted by atomic mass is 32.1. The third-order valence-electron chi connectivity index (χ3n) is 2.49. The van der Waals surface area contributed by atoms with E-state index in [4.69, 9.17) is 4.74 Å². The van der Waals surface area contributed by atoms with E-state index < -0.39 is 0 Å². The zero-order valence-corrected chi connectivity index (χ0v) is 12.8. The summed E-state index contributed by atoms with van der Waals surface area (Å²) >= 11 is 1.75. The van der Waals surface area contributed by atoms with Crippen LogP contribution < -0.4 is 15.4 Å². The lowest BCUT2D eigenvalue weighted by atomic mass is 10.4. The Morgan fingerprint density at radius 1 is 1.20 bits per heavy atom. The van der Waals surface area contributed by atoms with Crippen LogP contribution in [0.3, 0.4) is 0 Å². The fraction of sp³-hybridized carbons (Fsp3) is 0.462. The predicted molar refractivity (Wildman–Crippen MR) is 81.5 cm³/mol. The van der Waals surface area contributed by atoms with Gasteiger partial charge in [-0.05, 0) is 25.5 Å². The number of aromatic nitrogens is 3. The van der Waals surface area contributed by atoms with Crippen molar-refractivity contribution in [3.05, 3.63) is 21.9 Å². The number of aryl methyl sites for hydroxylation is 1. The van der Waals surface area contributed by atoms with E-state index in [9.17, 15) is 0 Å². The van der Waals surface area contributed by atoms with Crippen LogP contribution >= 0.6 is 11.3 Å². The van der Waals surface area contributed by atoms with Gasteiger partial charge in [-0.15, -0.1) is 11.3 Å². The van der Waals surface area contributed by atoms with Gasteiger partial charge in [0.15, 0.2) is 0 Å². The van der Waals surface area contributed by atoms with E-state index in [2.05, 4.69) is 44.6 Å². The van der Waals surface area contributed by atoms with Crippen molar-refractivity contribution < 1.29 is 4.74 Å². The summed E-state index contributed by atoms with van der Waals surface area (Å²) in [6.45, 7) is 5.42. The fourth-order valence-corrected chi connectivity index (χ4v) is 2.38. The van der Waals surface area contributed by atoms with Crippen LogP contribution in [-0.2, 0) is 6.54 Å². The van der Waals surface area contributed by atoms with E-state index >= 15 is 0 Å². The zero-order valence-electron chi connectivity index (χ0n) is 11.9. The van der Waals surface area contributed by atoms with Gasteiger partial charge in [-0.25, -0.2) is 0 Å². The van der Waals surface area contributed by atoms with Crippen LogP contribution in [0.25, 0.3) is 0 Å². The molecule has 2 rings (SSSR count). The first kappa shape index (κ1) is 14.5. The second-order valence-corrected chi connectivity index (χ2v) is 5.60. The Labute approximate surface area is 122 Å². The van der Waals surface area contributed by atoms with Crippen molar-refractivity contribution in [3.8, 4) is 6.01 Å². The molecule has 0 radical (unpaired) electrons. The molecule has 2 heterocycles. The largest absolute Gasteiger partial charge is 0.463 e. The van der Waals surface area contributed by atoms with Crippen molar-refractivity contribution >= 4 is 23.2 Å². The molecule has 0 aromatic carbocycles. The van der Waals surface area contributed by atoms with Crippen molar-refractivity contribution in [1.82, 2.24) is 15.0 Å². The van der Waals surface area contributed by atoms with Gasteiger partial charge in [-0.2, -0.15) is 15.0 Å². The lowest BCUT2D eigenvalue weighted by Crippen LogP contribution is -2.09. The van der Waals surface area contributed by atoms with Gasteiger partial charge in [0.1, 0.15) is 0 Å². The maximum Gasteiger partial charge on any atom is 0.323 e. The summed E-state index contributed by atoms with van der Waals surface area (Å²) in [6.07, 6.45) is 0.914. The molecule has 0 fully saturated rings. The summed E-state index contributed by atoms with van der Waals surface area (Å²) < 4.78 is 5.45. The molecule has 0 aliphatic carbocycles. The second kappa shape index (κ2) is 7.04. The molecule has 6 nitrogen and oxygen atoms in total. The SMILES string of the molecule is CCCOc1nc(NC)nc(NCc2ccc(C)s2)n1. The number of nitrogens with zero attached hydrogens (tertiary/aromatic N) is 3. The number of hydrogen-bond donors (Lipinski definition) is 2. The van der Waals surface area contributed by atoms with Gasteiger partial charge in [0.2, 0.25) is 11.9 Å². The minimum atomic E-state index is 0.344. The molecule has 2 aromatic rings. The molecule has 0 saturated heterocycles. The molecule has 7 heteroatoms. The Morgan fingerprint density at radius 2 is 2.00 bits per heavy atom. The maximum absolute atomic E-state index is 5.45. The van der Waals surface area contributed by atoms with Crippen LogP contribution in [0, 0.1) is 6.92 Å². The molecule has 2 aromatic heterocycles. The van der Waals surface area contributed by atoms with Crippen molar-refractivity contribution in [2.75, 3.05) is 24.3 Å². The topological polar surface area (TPSA) is 72.0 Å². The molecule has 0 atom stereocenters. The smallest absolute Gasteiger partial charge is 0.323 e. The van der Waals surface area contributed by atoms with Crippen LogP contribution in [-0.4, -0.2) is 28.6 Å². The van der Waals surface area contributed by atoms with Crippen molar-refractivity contribution in [3.63, 3.8) is 0 Å². The van der Waals surface area contributed by atoms with Crippen molar-refractivity contribution in [1.29, 1.82) is 0 Å². The summed E-state index contributed by atoms with van der Waals surface area (Å²) in [5, 5.41) is 6.10. The molecule has 0 amide bonds. The van der Waals surface area contributed by atoms with E-state index in [1.165, 1.54) is 9.75 Å². The quantitative estimate of drug-likeness (QED) is 0.818. The Morgan fingerprint density at radius 3 is 2.65 bits per heavy atom. The number of nitrogens with one attached hydrogen (secondary N) is 2. The third-order valence-corrected chi connectivity index (χ3v) is 3.49. The van der Waals surface area contributed by atoms with Crippen LogP contribution in [0.5, 0.6) is 6.01 Å². The Bertz CT molecular complexity index is 557. The highest BCUT2D eigenvalue weighted by molar-refractivity contribution is 7.11. The average Bonchev–Trinajstić information content (AvgIpc) is 2.88. The van der Waals surface area contributed by atoms with Gasteiger partial charge >= 0.3 is 6.01 Å². The fourth-order valence-electron chi connectivity index (χ4n) is 1.55. The number of thiophene rings is 1. The number of ether oxygens (including phenoxy) is 1. The molecule has 108 valence electrons. The maximum atomic E-state index is 5.45.